The van der Waals surface area contributed by atoms with Crippen LogP contribution in [-0.2, 0) is 9.30 Å². The van der Waals surface area contributed by atoms with Gasteiger partial charge in [0.2, 0.25) is 0 Å². The quantitative estimate of drug-likeness (QED) is 0.742. The van der Waals surface area contributed by atoms with Gasteiger partial charge in [-0.25, -0.2) is 9.46 Å². The highest BCUT2D eigenvalue weighted by Crippen LogP contribution is 2.30. The Balaban J connectivity index is 2.27. The van der Waals surface area contributed by atoms with Crippen LogP contribution in [0.1, 0.15) is 19.6 Å². The highest BCUT2D eigenvalue weighted by molar-refractivity contribution is 7.35. The molecule has 3 unspecified atom stereocenters. The largest absolute Gasteiger partial charge is 0.383 e. The normalized spacial score (nSPS) is 26.2. The molecule has 2 rings (SSSR count). The maximum atomic E-state index is 11.8. The third-order valence-corrected chi connectivity index (χ3v) is 3.94. The summed E-state index contributed by atoms with van der Waals surface area (Å²) < 4.78 is 19.7. The van der Waals surface area contributed by atoms with Gasteiger partial charge in [0.05, 0.1) is 12.6 Å². The van der Waals surface area contributed by atoms with Gasteiger partial charge in [-0.1, -0.05) is 6.92 Å². The highest BCUT2D eigenvalue weighted by atomic mass is 31.1. The third-order valence-electron chi connectivity index (χ3n) is 3.04. The zero-order chi connectivity index (χ0) is 14.0. The number of nitrogen functional groups attached to an aromatic ring is 1. The van der Waals surface area contributed by atoms with Crippen LogP contribution in [0.15, 0.2) is 17.1 Å². The zero-order valence-corrected chi connectivity index (χ0v) is 11.5. The van der Waals surface area contributed by atoms with Crippen molar-refractivity contribution in [3.05, 3.63) is 22.7 Å². The molecular formula is C10H17N4O4P. The SMILES string of the molecule is CCC1CN([PH](=O)O)CC(n2ccc(N)nc2=O)O1. The smallest absolute Gasteiger partial charge is 0.351 e. The number of aromatic nitrogens is 2. The minimum atomic E-state index is -2.79. The van der Waals surface area contributed by atoms with Gasteiger partial charge in [-0.3, -0.25) is 9.13 Å². The molecule has 1 aromatic rings. The van der Waals surface area contributed by atoms with Gasteiger partial charge in [0.15, 0.2) is 6.23 Å². The molecule has 9 heteroatoms. The molecule has 0 spiro atoms. The number of hydrogen-bond donors (Lipinski definition) is 2. The van der Waals surface area contributed by atoms with Gasteiger partial charge in [-0.15, -0.1) is 0 Å². The molecule has 3 atom stereocenters. The minimum absolute atomic E-state index is 0.136. The fourth-order valence-corrected chi connectivity index (χ4v) is 2.67. The molecule has 1 fully saturated rings. The van der Waals surface area contributed by atoms with Crippen LogP contribution >= 0.6 is 8.18 Å². The van der Waals surface area contributed by atoms with Crippen molar-refractivity contribution < 1.29 is 14.2 Å². The number of rotatable bonds is 3. The van der Waals surface area contributed by atoms with Gasteiger partial charge in [0, 0.05) is 12.7 Å². The van der Waals surface area contributed by atoms with Crippen molar-refractivity contribution in [2.45, 2.75) is 25.7 Å². The van der Waals surface area contributed by atoms with E-state index < -0.39 is 20.1 Å². The first-order valence-electron chi connectivity index (χ1n) is 5.99. The van der Waals surface area contributed by atoms with Crippen LogP contribution in [-0.4, -0.2) is 38.3 Å². The second-order valence-corrected chi connectivity index (χ2v) is 5.55. The third kappa shape index (κ3) is 3.22. The lowest BCUT2D eigenvalue weighted by atomic mass is 10.2. The molecule has 19 heavy (non-hydrogen) atoms. The summed E-state index contributed by atoms with van der Waals surface area (Å²) in [5.74, 6) is 0.136. The van der Waals surface area contributed by atoms with Gasteiger partial charge in [-0.2, -0.15) is 4.98 Å². The molecule has 0 aliphatic carbocycles. The van der Waals surface area contributed by atoms with Crippen molar-refractivity contribution >= 4 is 14.0 Å². The number of anilines is 1. The fraction of sp³-hybridized carbons (Fsp3) is 0.600. The molecule has 0 aromatic carbocycles. The van der Waals surface area contributed by atoms with E-state index in [0.717, 1.165) is 0 Å². The first kappa shape index (κ1) is 14.2. The van der Waals surface area contributed by atoms with E-state index in [4.69, 9.17) is 10.5 Å². The maximum absolute atomic E-state index is 11.8. The van der Waals surface area contributed by atoms with E-state index in [-0.39, 0.29) is 18.5 Å². The van der Waals surface area contributed by atoms with Crippen molar-refractivity contribution in [2.75, 3.05) is 18.8 Å². The van der Waals surface area contributed by atoms with Crippen LogP contribution in [0.25, 0.3) is 0 Å². The molecular weight excluding hydrogens is 271 g/mol. The topological polar surface area (TPSA) is 111 Å². The van der Waals surface area contributed by atoms with E-state index in [0.29, 0.717) is 13.0 Å². The van der Waals surface area contributed by atoms with Gasteiger partial charge >= 0.3 is 5.69 Å². The fourth-order valence-electron chi connectivity index (χ4n) is 2.00. The summed E-state index contributed by atoms with van der Waals surface area (Å²) in [6.07, 6.45) is 1.36. The predicted molar refractivity (Wildman–Crippen MR) is 69.9 cm³/mol. The van der Waals surface area contributed by atoms with Gasteiger partial charge in [-0.05, 0) is 12.5 Å². The van der Waals surface area contributed by atoms with Crippen LogP contribution in [0, 0.1) is 0 Å². The van der Waals surface area contributed by atoms with Crippen LogP contribution in [0.3, 0.4) is 0 Å². The monoisotopic (exact) mass is 288 g/mol. The summed E-state index contributed by atoms with van der Waals surface area (Å²) in [6.45, 7) is 2.48. The average molecular weight is 288 g/mol. The van der Waals surface area contributed by atoms with E-state index in [1.165, 1.54) is 21.5 Å². The second-order valence-electron chi connectivity index (χ2n) is 4.35. The first-order chi connectivity index (χ1) is 9.01. The molecule has 0 saturated carbocycles. The van der Waals surface area contributed by atoms with Gasteiger partial charge < -0.3 is 15.4 Å². The summed E-state index contributed by atoms with van der Waals surface area (Å²) in [6, 6.07) is 1.49. The van der Waals surface area contributed by atoms with Crippen molar-refractivity contribution in [3.8, 4) is 0 Å². The van der Waals surface area contributed by atoms with Crippen molar-refractivity contribution in [1.29, 1.82) is 0 Å². The highest BCUT2D eigenvalue weighted by Gasteiger charge is 2.30. The van der Waals surface area contributed by atoms with Crippen LogP contribution in [0.5, 0.6) is 0 Å². The summed E-state index contributed by atoms with van der Waals surface area (Å²) >= 11 is 0. The Morgan fingerprint density at radius 3 is 2.95 bits per heavy atom. The van der Waals surface area contributed by atoms with Crippen molar-refractivity contribution in [1.82, 2.24) is 14.2 Å². The van der Waals surface area contributed by atoms with Crippen LogP contribution in [0.4, 0.5) is 5.82 Å². The summed E-state index contributed by atoms with van der Waals surface area (Å²) in [7, 11) is -2.79. The Bertz CT molecular complexity index is 535. The average Bonchev–Trinajstić information content (AvgIpc) is 2.38. The lowest BCUT2D eigenvalue weighted by molar-refractivity contribution is -0.104. The summed E-state index contributed by atoms with van der Waals surface area (Å²) in [4.78, 5) is 24.6. The second kappa shape index (κ2) is 5.83. The number of hydrogen-bond acceptors (Lipinski definition) is 5. The lowest BCUT2D eigenvalue weighted by Gasteiger charge is -2.36. The number of ether oxygens (including phenoxy) is 1. The predicted octanol–water partition coefficient (Wildman–Crippen LogP) is -0.183. The molecule has 2 heterocycles. The standard InChI is InChI=1S/C10H17N4O4P/c1-2-7-5-13(19(16)17)6-9(18-7)14-4-3-8(11)12-10(14)15/h3-4,7,9,19H,2,5-6H2,1H3,(H,16,17)(H2,11,12,15). The first-order valence-corrected chi connectivity index (χ1v) is 7.29. The van der Waals surface area contributed by atoms with Crippen molar-refractivity contribution in [2.24, 2.45) is 0 Å². The molecule has 0 amide bonds. The molecule has 0 bridgehead atoms. The van der Waals surface area contributed by atoms with Crippen LogP contribution < -0.4 is 11.4 Å². The van der Waals surface area contributed by atoms with E-state index in [9.17, 15) is 14.3 Å². The Labute approximate surface area is 110 Å². The Hall–Kier alpha value is -1.21. The van der Waals surface area contributed by atoms with Crippen molar-refractivity contribution in [3.63, 3.8) is 0 Å². The Kier molecular flexibility index (Phi) is 4.36. The molecule has 1 aromatic heterocycles. The molecule has 1 aliphatic heterocycles. The van der Waals surface area contributed by atoms with E-state index in [1.807, 2.05) is 6.92 Å². The lowest BCUT2D eigenvalue weighted by Crippen LogP contribution is -2.45. The molecule has 1 saturated heterocycles. The maximum Gasteiger partial charge on any atom is 0.351 e. The Morgan fingerprint density at radius 1 is 1.63 bits per heavy atom. The molecule has 1 aliphatic rings. The molecule has 8 nitrogen and oxygen atoms in total. The number of morpholine rings is 1. The summed E-state index contributed by atoms with van der Waals surface area (Å²) in [5, 5.41) is 0. The summed E-state index contributed by atoms with van der Waals surface area (Å²) in [5.41, 5.74) is 4.90. The van der Waals surface area contributed by atoms with E-state index >= 15 is 0 Å². The van der Waals surface area contributed by atoms with Gasteiger partial charge in [0.25, 0.3) is 8.18 Å². The molecule has 3 N–H and O–H groups in total. The number of nitrogens with zero attached hydrogens (tertiary/aromatic N) is 3. The number of nitrogens with two attached hydrogens (primary N) is 1. The van der Waals surface area contributed by atoms with Crippen LogP contribution in [0.2, 0.25) is 0 Å². The molecule has 0 radical (unpaired) electrons. The Morgan fingerprint density at radius 2 is 2.37 bits per heavy atom. The zero-order valence-electron chi connectivity index (χ0n) is 10.5. The molecule has 106 valence electrons. The van der Waals surface area contributed by atoms with E-state index in [1.54, 1.807) is 0 Å². The van der Waals surface area contributed by atoms with E-state index in [2.05, 4.69) is 4.98 Å². The van der Waals surface area contributed by atoms with Gasteiger partial charge in [0.1, 0.15) is 5.82 Å². The minimum Gasteiger partial charge on any atom is -0.383 e.